The lowest BCUT2D eigenvalue weighted by molar-refractivity contribution is 0.00853. The van der Waals surface area contributed by atoms with Crippen molar-refractivity contribution in [3.8, 4) is 0 Å². The largest absolute Gasteiger partial charge is 0.391 e. The molecule has 2 aliphatic rings. The van der Waals surface area contributed by atoms with E-state index < -0.39 is 0 Å². The Morgan fingerprint density at radius 3 is 2.61 bits per heavy atom. The summed E-state index contributed by atoms with van der Waals surface area (Å²) in [6.45, 7) is 2.23. The van der Waals surface area contributed by atoms with Crippen LogP contribution in [0.3, 0.4) is 0 Å². The molecule has 0 aromatic carbocycles. The molecule has 1 aromatic heterocycles. The quantitative estimate of drug-likeness (QED) is 0.841. The molecule has 18 heavy (non-hydrogen) atoms. The number of nitrogens with zero attached hydrogens (tertiary/aromatic N) is 2. The number of hydrogen-bond acceptors (Lipinski definition) is 3. The zero-order chi connectivity index (χ0) is 12.4. The average Bonchev–Trinajstić information content (AvgIpc) is 2.94. The first-order valence-electron chi connectivity index (χ1n) is 7.26. The number of aromatic nitrogens is 2. The highest BCUT2D eigenvalue weighted by Gasteiger charge is 2.31. The Labute approximate surface area is 108 Å². The summed E-state index contributed by atoms with van der Waals surface area (Å²) in [4.78, 5) is 2.51. The molecule has 0 radical (unpaired) electrons. The Balaban J connectivity index is 1.56. The van der Waals surface area contributed by atoms with Crippen LogP contribution in [-0.4, -0.2) is 45.4 Å². The van der Waals surface area contributed by atoms with Crippen LogP contribution in [0.5, 0.6) is 0 Å². The zero-order valence-corrected chi connectivity index (χ0v) is 10.9. The highest BCUT2D eigenvalue weighted by Crippen LogP contribution is 2.31. The summed E-state index contributed by atoms with van der Waals surface area (Å²) in [6, 6.07) is 2.51. The Hall–Kier alpha value is -0.870. The number of nitrogens with one attached hydrogen (secondary N) is 1. The van der Waals surface area contributed by atoms with E-state index in [0.717, 1.165) is 19.5 Å². The van der Waals surface area contributed by atoms with Gasteiger partial charge in [-0.1, -0.05) is 12.8 Å². The number of piperidine rings is 1. The van der Waals surface area contributed by atoms with Gasteiger partial charge < -0.3 is 5.11 Å². The highest BCUT2D eigenvalue weighted by molar-refractivity contribution is 5.07. The molecule has 4 nitrogen and oxygen atoms in total. The van der Waals surface area contributed by atoms with Crippen molar-refractivity contribution in [2.45, 2.75) is 56.6 Å². The van der Waals surface area contributed by atoms with Gasteiger partial charge in [-0.15, -0.1) is 0 Å². The molecule has 2 atom stereocenters. The molecule has 2 unspecified atom stereocenters. The third-order valence-electron chi connectivity index (χ3n) is 4.65. The summed E-state index contributed by atoms with van der Waals surface area (Å²) in [5, 5.41) is 17.2. The fourth-order valence-electron chi connectivity index (χ4n) is 3.55. The lowest BCUT2D eigenvalue weighted by Gasteiger charge is -2.41. The molecule has 100 valence electrons. The number of aliphatic hydroxyl groups is 1. The highest BCUT2D eigenvalue weighted by atomic mass is 16.3. The van der Waals surface area contributed by atoms with Gasteiger partial charge in [-0.05, 0) is 44.8 Å². The van der Waals surface area contributed by atoms with Crippen molar-refractivity contribution in [3.63, 3.8) is 0 Å². The smallest absolute Gasteiger partial charge is 0.0695 e. The fraction of sp³-hybridized carbons (Fsp3) is 0.786. The summed E-state index contributed by atoms with van der Waals surface area (Å²) in [7, 11) is 0. The Bertz CT molecular complexity index is 357. The summed E-state index contributed by atoms with van der Waals surface area (Å²) in [5.41, 5.74) is 1.28. The maximum absolute atomic E-state index is 10.1. The Kier molecular flexibility index (Phi) is 3.66. The zero-order valence-electron chi connectivity index (χ0n) is 10.9. The first-order chi connectivity index (χ1) is 8.84. The van der Waals surface area contributed by atoms with E-state index in [1.807, 2.05) is 6.20 Å². The van der Waals surface area contributed by atoms with E-state index in [1.165, 1.54) is 37.8 Å². The Morgan fingerprint density at radius 2 is 1.94 bits per heavy atom. The topological polar surface area (TPSA) is 52.1 Å². The van der Waals surface area contributed by atoms with Gasteiger partial charge in [-0.25, -0.2) is 0 Å². The minimum absolute atomic E-state index is 0.0949. The minimum atomic E-state index is -0.0949. The molecule has 0 bridgehead atoms. The van der Waals surface area contributed by atoms with Crippen LogP contribution in [0.1, 0.15) is 50.1 Å². The third kappa shape index (κ3) is 2.45. The summed E-state index contributed by atoms with van der Waals surface area (Å²) in [5.74, 6) is 0.629. The second-order valence-electron chi connectivity index (χ2n) is 5.74. The predicted molar refractivity (Wildman–Crippen MR) is 70.4 cm³/mol. The van der Waals surface area contributed by atoms with Crippen LogP contribution < -0.4 is 0 Å². The van der Waals surface area contributed by atoms with Gasteiger partial charge in [-0.3, -0.25) is 10.00 Å². The van der Waals surface area contributed by atoms with Crippen molar-refractivity contribution >= 4 is 0 Å². The van der Waals surface area contributed by atoms with Crippen LogP contribution in [0.15, 0.2) is 12.3 Å². The lowest BCUT2D eigenvalue weighted by Crippen LogP contribution is -2.48. The van der Waals surface area contributed by atoms with Gasteiger partial charge in [-0.2, -0.15) is 5.10 Å². The average molecular weight is 249 g/mol. The molecule has 1 aliphatic carbocycles. The molecule has 2 fully saturated rings. The molecule has 2 N–H and O–H groups in total. The third-order valence-corrected chi connectivity index (χ3v) is 4.65. The number of rotatable bonds is 2. The van der Waals surface area contributed by atoms with Gasteiger partial charge in [0.2, 0.25) is 0 Å². The standard InChI is InChI=1S/C14H23N3O/c18-14-4-2-1-3-13(14)17-9-6-11(7-10-17)12-5-8-15-16-12/h5,8,11,13-14,18H,1-4,6-7,9-10H2,(H,15,16). The summed E-state index contributed by atoms with van der Waals surface area (Å²) >= 11 is 0. The molecule has 1 saturated heterocycles. The second-order valence-corrected chi connectivity index (χ2v) is 5.74. The van der Waals surface area contributed by atoms with Crippen molar-refractivity contribution < 1.29 is 5.11 Å². The molecule has 0 amide bonds. The monoisotopic (exact) mass is 249 g/mol. The lowest BCUT2D eigenvalue weighted by atomic mass is 9.87. The normalized spacial score (nSPS) is 31.6. The van der Waals surface area contributed by atoms with Crippen molar-refractivity contribution in [3.05, 3.63) is 18.0 Å². The molecular formula is C14H23N3O. The van der Waals surface area contributed by atoms with Gasteiger partial charge in [0.1, 0.15) is 0 Å². The molecule has 0 spiro atoms. The number of H-pyrrole nitrogens is 1. The second kappa shape index (κ2) is 5.41. The van der Waals surface area contributed by atoms with E-state index >= 15 is 0 Å². The van der Waals surface area contributed by atoms with E-state index in [1.54, 1.807) is 0 Å². The molecule has 3 rings (SSSR count). The van der Waals surface area contributed by atoms with Gasteiger partial charge in [0.15, 0.2) is 0 Å². The first kappa shape index (κ1) is 12.2. The predicted octanol–water partition coefficient (Wildman–Crippen LogP) is 1.89. The van der Waals surface area contributed by atoms with Gasteiger partial charge in [0.25, 0.3) is 0 Å². The number of likely N-dealkylation sites (tertiary alicyclic amines) is 1. The summed E-state index contributed by atoms with van der Waals surface area (Å²) in [6.07, 6.45) is 8.76. The number of aliphatic hydroxyl groups excluding tert-OH is 1. The van der Waals surface area contributed by atoms with E-state index in [0.29, 0.717) is 12.0 Å². The molecule has 1 aliphatic heterocycles. The number of hydrogen-bond donors (Lipinski definition) is 2. The van der Waals surface area contributed by atoms with Crippen molar-refractivity contribution in [1.29, 1.82) is 0 Å². The molecule has 4 heteroatoms. The van der Waals surface area contributed by atoms with Crippen molar-refractivity contribution in [2.24, 2.45) is 0 Å². The number of aromatic amines is 1. The first-order valence-corrected chi connectivity index (χ1v) is 7.26. The minimum Gasteiger partial charge on any atom is -0.391 e. The van der Waals surface area contributed by atoms with Crippen LogP contribution in [0, 0.1) is 0 Å². The van der Waals surface area contributed by atoms with Crippen LogP contribution >= 0.6 is 0 Å². The van der Waals surface area contributed by atoms with Crippen molar-refractivity contribution in [2.75, 3.05) is 13.1 Å². The molecule has 1 aromatic rings. The van der Waals surface area contributed by atoms with Gasteiger partial charge in [0.05, 0.1) is 6.10 Å². The fourth-order valence-corrected chi connectivity index (χ4v) is 3.55. The SMILES string of the molecule is OC1CCCCC1N1CCC(c2ccn[nH]2)CC1. The van der Waals surface area contributed by atoms with E-state index in [4.69, 9.17) is 0 Å². The maximum Gasteiger partial charge on any atom is 0.0695 e. The van der Waals surface area contributed by atoms with Crippen molar-refractivity contribution in [1.82, 2.24) is 15.1 Å². The van der Waals surface area contributed by atoms with Crippen LogP contribution in [0.2, 0.25) is 0 Å². The summed E-state index contributed by atoms with van der Waals surface area (Å²) < 4.78 is 0. The maximum atomic E-state index is 10.1. The molecule has 1 saturated carbocycles. The van der Waals surface area contributed by atoms with Crippen LogP contribution in [0.4, 0.5) is 0 Å². The van der Waals surface area contributed by atoms with Crippen LogP contribution in [-0.2, 0) is 0 Å². The van der Waals surface area contributed by atoms with E-state index in [2.05, 4.69) is 21.2 Å². The van der Waals surface area contributed by atoms with Crippen LogP contribution in [0.25, 0.3) is 0 Å². The van der Waals surface area contributed by atoms with E-state index in [-0.39, 0.29) is 6.10 Å². The molecular weight excluding hydrogens is 226 g/mol. The van der Waals surface area contributed by atoms with E-state index in [9.17, 15) is 5.11 Å². The van der Waals surface area contributed by atoms with Gasteiger partial charge >= 0.3 is 0 Å². The Morgan fingerprint density at radius 1 is 1.17 bits per heavy atom. The molecule has 2 heterocycles. The van der Waals surface area contributed by atoms with Gasteiger partial charge in [0, 0.05) is 23.9 Å².